The highest BCUT2D eigenvalue weighted by Gasteiger charge is 2.05. The molecule has 0 aliphatic rings. The van der Waals surface area contributed by atoms with Gasteiger partial charge in [0.2, 0.25) is 0 Å². The second-order valence-corrected chi connectivity index (χ2v) is 2.96. The molecule has 74 valence electrons. The first-order valence-electron chi connectivity index (χ1n) is 4.22. The van der Waals surface area contributed by atoms with Gasteiger partial charge in [0.15, 0.2) is 5.82 Å². The van der Waals surface area contributed by atoms with Gasteiger partial charge in [0.1, 0.15) is 17.4 Å². The molecule has 2 rings (SSSR count). The molecule has 0 aliphatic carbocycles. The number of anilines is 1. The zero-order valence-corrected chi connectivity index (χ0v) is 7.68. The van der Waals surface area contributed by atoms with Gasteiger partial charge in [-0.15, -0.1) is 5.10 Å². The Labute approximate surface area is 85.4 Å². The minimum absolute atomic E-state index is 0.168. The number of nitriles is 1. The van der Waals surface area contributed by atoms with Crippen LogP contribution in [-0.4, -0.2) is 9.78 Å². The van der Waals surface area contributed by atoms with Crippen LogP contribution < -0.4 is 5.73 Å². The second kappa shape index (κ2) is 3.42. The molecule has 0 fully saturated rings. The van der Waals surface area contributed by atoms with Gasteiger partial charge in [0.05, 0.1) is 11.9 Å². The largest absolute Gasteiger partial charge is 0.381 e. The molecular weight excluding hydrogens is 195 g/mol. The molecule has 0 bridgehead atoms. The molecule has 0 unspecified atom stereocenters. The highest BCUT2D eigenvalue weighted by atomic mass is 19.1. The van der Waals surface area contributed by atoms with Crippen molar-refractivity contribution < 1.29 is 4.39 Å². The van der Waals surface area contributed by atoms with Crippen LogP contribution in [0.25, 0.3) is 5.69 Å². The maximum atomic E-state index is 12.6. The van der Waals surface area contributed by atoms with Crippen molar-refractivity contribution in [2.45, 2.75) is 0 Å². The summed E-state index contributed by atoms with van der Waals surface area (Å²) in [5.74, 6) is -0.152. The summed E-state index contributed by atoms with van der Waals surface area (Å²) in [6.45, 7) is 0. The quantitative estimate of drug-likeness (QED) is 0.761. The first-order chi connectivity index (χ1) is 7.20. The zero-order valence-electron chi connectivity index (χ0n) is 7.68. The van der Waals surface area contributed by atoms with Gasteiger partial charge in [-0.2, -0.15) is 5.26 Å². The van der Waals surface area contributed by atoms with Gasteiger partial charge in [0.25, 0.3) is 0 Å². The van der Waals surface area contributed by atoms with Crippen LogP contribution in [0.3, 0.4) is 0 Å². The molecule has 2 aromatic rings. The lowest BCUT2D eigenvalue weighted by Crippen LogP contribution is -1.95. The van der Waals surface area contributed by atoms with E-state index in [2.05, 4.69) is 5.10 Å². The molecule has 0 aliphatic heterocycles. The number of nitrogen functional groups attached to an aromatic ring is 1. The van der Waals surface area contributed by atoms with Crippen LogP contribution >= 0.6 is 0 Å². The Balaban J connectivity index is 2.46. The van der Waals surface area contributed by atoms with Crippen LogP contribution in [-0.2, 0) is 0 Å². The number of hydrogen-bond acceptors (Lipinski definition) is 3. The van der Waals surface area contributed by atoms with Crippen molar-refractivity contribution in [3.05, 3.63) is 41.8 Å². The third-order valence-corrected chi connectivity index (χ3v) is 1.95. The molecule has 0 radical (unpaired) electrons. The molecule has 1 heterocycles. The highest BCUT2D eigenvalue weighted by molar-refractivity contribution is 5.48. The molecule has 5 heteroatoms. The van der Waals surface area contributed by atoms with Crippen LogP contribution in [0.2, 0.25) is 0 Å². The second-order valence-electron chi connectivity index (χ2n) is 2.96. The van der Waals surface area contributed by atoms with E-state index in [1.54, 1.807) is 12.1 Å². The molecule has 15 heavy (non-hydrogen) atoms. The van der Waals surface area contributed by atoms with Crippen molar-refractivity contribution in [2.75, 3.05) is 5.73 Å². The molecule has 0 amide bonds. The SMILES string of the molecule is N#Cc1cn(-c2ccc(F)cc2)nc1N. The van der Waals surface area contributed by atoms with Crippen molar-refractivity contribution in [1.29, 1.82) is 5.26 Å². The Hall–Kier alpha value is -2.35. The standard InChI is InChI=1S/C10H7FN4/c11-8-1-3-9(4-2-8)15-6-7(5-12)10(13)14-15/h1-4,6H,(H2,13,14). The van der Waals surface area contributed by atoms with Gasteiger partial charge >= 0.3 is 0 Å². The molecule has 0 spiro atoms. The van der Waals surface area contributed by atoms with Crippen molar-refractivity contribution in [3.63, 3.8) is 0 Å². The molecule has 4 nitrogen and oxygen atoms in total. The van der Waals surface area contributed by atoms with E-state index >= 15 is 0 Å². The van der Waals surface area contributed by atoms with Crippen LogP contribution in [0.5, 0.6) is 0 Å². The Morgan fingerprint density at radius 2 is 2.00 bits per heavy atom. The Bertz CT molecular complexity index is 521. The minimum Gasteiger partial charge on any atom is -0.381 e. The van der Waals surface area contributed by atoms with E-state index in [9.17, 15) is 4.39 Å². The predicted molar refractivity (Wildman–Crippen MR) is 52.6 cm³/mol. The Morgan fingerprint density at radius 1 is 1.33 bits per heavy atom. The van der Waals surface area contributed by atoms with E-state index < -0.39 is 0 Å². The van der Waals surface area contributed by atoms with Crippen molar-refractivity contribution in [1.82, 2.24) is 9.78 Å². The van der Waals surface area contributed by atoms with Crippen molar-refractivity contribution in [2.24, 2.45) is 0 Å². The fourth-order valence-electron chi connectivity index (χ4n) is 1.20. The van der Waals surface area contributed by atoms with Crippen LogP contribution in [0, 0.1) is 17.1 Å². The number of rotatable bonds is 1. The molecule has 1 aromatic heterocycles. The Kier molecular flexibility index (Phi) is 2.10. The molecule has 0 atom stereocenters. The van der Waals surface area contributed by atoms with E-state index in [0.29, 0.717) is 11.3 Å². The summed E-state index contributed by atoms with van der Waals surface area (Å²) in [7, 11) is 0. The Morgan fingerprint density at radius 3 is 2.53 bits per heavy atom. The van der Waals surface area contributed by atoms with Gasteiger partial charge in [-0.3, -0.25) is 0 Å². The van der Waals surface area contributed by atoms with E-state index in [-0.39, 0.29) is 11.6 Å². The lowest BCUT2D eigenvalue weighted by Gasteiger charge is -1.99. The number of aromatic nitrogens is 2. The molecular formula is C10H7FN4. The van der Waals surface area contributed by atoms with Crippen molar-refractivity contribution in [3.8, 4) is 11.8 Å². The number of nitrogens with zero attached hydrogens (tertiary/aromatic N) is 3. The van der Waals surface area contributed by atoms with Crippen LogP contribution in [0.15, 0.2) is 30.5 Å². The number of nitrogens with two attached hydrogens (primary N) is 1. The van der Waals surface area contributed by atoms with Crippen molar-refractivity contribution >= 4 is 5.82 Å². The fraction of sp³-hybridized carbons (Fsp3) is 0. The lowest BCUT2D eigenvalue weighted by atomic mass is 10.3. The number of halogens is 1. The van der Waals surface area contributed by atoms with Gasteiger partial charge in [0, 0.05) is 0 Å². The summed E-state index contributed by atoms with van der Waals surface area (Å²) < 4.78 is 14.1. The predicted octanol–water partition coefficient (Wildman–Crippen LogP) is 1.47. The van der Waals surface area contributed by atoms with E-state index in [1.807, 2.05) is 6.07 Å². The molecule has 0 saturated heterocycles. The molecule has 2 N–H and O–H groups in total. The summed E-state index contributed by atoms with van der Waals surface area (Å²) in [6, 6.07) is 7.67. The average Bonchev–Trinajstić information content (AvgIpc) is 2.61. The lowest BCUT2D eigenvalue weighted by molar-refractivity contribution is 0.627. The summed E-state index contributed by atoms with van der Waals surface area (Å²) in [5.41, 5.74) is 6.45. The third-order valence-electron chi connectivity index (χ3n) is 1.95. The normalized spacial score (nSPS) is 9.87. The molecule has 0 saturated carbocycles. The van der Waals surface area contributed by atoms with Gasteiger partial charge in [-0.25, -0.2) is 9.07 Å². The first kappa shape index (κ1) is 9.21. The maximum Gasteiger partial charge on any atom is 0.163 e. The van der Waals surface area contributed by atoms with Crippen LogP contribution in [0.4, 0.5) is 10.2 Å². The van der Waals surface area contributed by atoms with E-state index in [0.717, 1.165) is 0 Å². The highest BCUT2D eigenvalue weighted by Crippen LogP contribution is 2.13. The summed E-state index contributed by atoms with van der Waals surface area (Å²) in [6.07, 6.45) is 1.50. The van der Waals surface area contributed by atoms with E-state index in [4.69, 9.17) is 11.0 Å². The fourth-order valence-corrected chi connectivity index (χ4v) is 1.20. The van der Waals surface area contributed by atoms with Gasteiger partial charge in [-0.1, -0.05) is 0 Å². The third kappa shape index (κ3) is 1.65. The van der Waals surface area contributed by atoms with Crippen LogP contribution in [0.1, 0.15) is 5.56 Å². The average molecular weight is 202 g/mol. The summed E-state index contributed by atoms with van der Waals surface area (Å²) >= 11 is 0. The van der Waals surface area contributed by atoms with Gasteiger partial charge < -0.3 is 5.73 Å². The zero-order chi connectivity index (χ0) is 10.8. The maximum absolute atomic E-state index is 12.6. The number of benzene rings is 1. The smallest absolute Gasteiger partial charge is 0.163 e. The summed E-state index contributed by atoms with van der Waals surface area (Å²) in [5, 5.41) is 12.6. The summed E-state index contributed by atoms with van der Waals surface area (Å²) in [4.78, 5) is 0. The van der Waals surface area contributed by atoms with E-state index in [1.165, 1.54) is 23.0 Å². The first-order valence-corrected chi connectivity index (χ1v) is 4.22. The monoisotopic (exact) mass is 202 g/mol. The molecule has 1 aromatic carbocycles. The van der Waals surface area contributed by atoms with Gasteiger partial charge in [-0.05, 0) is 24.3 Å². The minimum atomic E-state index is -0.320. The number of hydrogen-bond donors (Lipinski definition) is 1. The topological polar surface area (TPSA) is 67.6 Å².